The summed E-state index contributed by atoms with van der Waals surface area (Å²) in [5, 5.41) is 0. The summed E-state index contributed by atoms with van der Waals surface area (Å²) in [5.74, 6) is 0.292. The van der Waals surface area contributed by atoms with Crippen LogP contribution in [0.15, 0.2) is 42.5 Å². The molecule has 7 nitrogen and oxygen atoms in total. The van der Waals surface area contributed by atoms with Gasteiger partial charge in [-0.3, -0.25) is 14.5 Å². The second-order valence-corrected chi connectivity index (χ2v) is 12.4. The van der Waals surface area contributed by atoms with Crippen LogP contribution in [-0.2, 0) is 4.79 Å². The molecular weight excluding hydrogens is 498 g/mol. The van der Waals surface area contributed by atoms with Crippen molar-refractivity contribution in [3.8, 4) is 0 Å². The minimum absolute atomic E-state index is 0.0814. The Balaban J connectivity index is 1.06. The van der Waals surface area contributed by atoms with Crippen LogP contribution in [0, 0.1) is 13.8 Å². The molecule has 214 valence electrons. The first-order chi connectivity index (χ1) is 19.5. The van der Waals surface area contributed by atoms with Crippen LogP contribution in [0.4, 0.5) is 11.4 Å². The number of benzene rings is 2. The van der Waals surface area contributed by atoms with Crippen molar-refractivity contribution in [3.05, 3.63) is 59.2 Å². The van der Waals surface area contributed by atoms with Crippen molar-refractivity contribution < 1.29 is 9.59 Å². The summed E-state index contributed by atoms with van der Waals surface area (Å²) in [7, 11) is 0. The highest BCUT2D eigenvalue weighted by Crippen LogP contribution is 2.30. The first-order valence-electron chi connectivity index (χ1n) is 15.5. The van der Waals surface area contributed by atoms with Crippen molar-refractivity contribution in [2.75, 3.05) is 68.7 Å². The molecule has 0 unspecified atom stereocenters. The third-order valence-electron chi connectivity index (χ3n) is 9.59. The van der Waals surface area contributed by atoms with Gasteiger partial charge in [0.2, 0.25) is 5.91 Å². The minimum Gasteiger partial charge on any atom is -0.368 e. The smallest absolute Gasteiger partial charge is 0.253 e. The van der Waals surface area contributed by atoms with Crippen molar-refractivity contribution in [1.82, 2.24) is 14.7 Å². The molecule has 6 rings (SSSR count). The highest BCUT2D eigenvalue weighted by Gasteiger charge is 2.36. The lowest BCUT2D eigenvalue weighted by Gasteiger charge is -2.37. The average molecular weight is 544 g/mol. The second-order valence-electron chi connectivity index (χ2n) is 12.4. The minimum atomic E-state index is 0.0814. The Morgan fingerprint density at radius 3 is 2.27 bits per heavy atom. The molecule has 0 spiro atoms. The van der Waals surface area contributed by atoms with Gasteiger partial charge in [0.1, 0.15) is 0 Å². The zero-order valence-electron chi connectivity index (χ0n) is 24.4. The molecule has 0 radical (unpaired) electrons. The Hall–Kier alpha value is -2.90. The number of nitrogens with zero attached hydrogens (tertiary/aromatic N) is 5. The number of rotatable bonds is 7. The predicted molar refractivity (Wildman–Crippen MR) is 161 cm³/mol. The van der Waals surface area contributed by atoms with Crippen molar-refractivity contribution in [2.24, 2.45) is 0 Å². The molecule has 40 heavy (non-hydrogen) atoms. The van der Waals surface area contributed by atoms with E-state index in [1.165, 1.54) is 62.1 Å². The summed E-state index contributed by atoms with van der Waals surface area (Å²) < 4.78 is 0. The Labute approximate surface area is 239 Å². The van der Waals surface area contributed by atoms with Crippen molar-refractivity contribution in [2.45, 2.75) is 64.5 Å². The second kappa shape index (κ2) is 11.9. The number of hydrogen-bond acceptors (Lipinski definition) is 5. The zero-order valence-corrected chi connectivity index (χ0v) is 24.4. The van der Waals surface area contributed by atoms with E-state index in [9.17, 15) is 9.59 Å². The van der Waals surface area contributed by atoms with E-state index in [-0.39, 0.29) is 17.9 Å². The molecular formula is C33H45N5O2. The van der Waals surface area contributed by atoms with Crippen LogP contribution in [0.2, 0.25) is 0 Å². The third kappa shape index (κ3) is 5.77. The summed E-state index contributed by atoms with van der Waals surface area (Å²) in [6, 6.07) is 15.2. The lowest BCUT2D eigenvalue weighted by Crippen LogP contribution is -2.49. The fourth-order valence-electron chi connectivity index (χ4n) is 7.41. The lowest BCUT2D eigenvalue weighted by molar-refractivity contribution is -0.117. The molecule has 4 fully saturated rings. The number of likely N-dealkylation sites (tertiary alicyclic amines) is 2. The van der Waals surface area contributed by atoms with Gasteiger partial charge in [0.05, 0.1) is 6.04 Å². The van der Waals surface area contributed by atoms with Gasteiger partial charge in [0.25, 0.3) is 5.91 Å². The number of carbonyl (C=O) groups is 2. The summed E-state index contributed by atoms with van der Waals surface area (Å²) in [6.07, 6.45) is 6.72. The Kier molecular flexibility index (Phi) is 8.12. The van der Waals surface area contributed by atoms with Gasteiger partial charge in [-0.25, -0.2) is 0 Å². The van der Waals surface area contributed by atoms with E-state index in [1.54, 1.807) is 0 Å². The van der Waals surface area contributed by atoms with Crippen LogP contribution >= 0.6 is 0 Å². The monoisotopic (exact) mass is 543 g/mol. The van der Waals surface area contributed by atoms with Crippen molar-refractivity contribution >= 4 is 23.2 Å². The molecule has 7 heteroatoms. The number of hydrogen-bond donors (Lipinski definition) is 0. The average Bonchev–Trinajstić information content (AvgIpc) is 3.72. The third-order valence-corrected chi connectivity index (χ3v) is 9.59. The molecule has 4 saturated heterocycles. The molecule has 0 aliphatic carbocycles. The van der Waals surface area contributed by atoms with Crippen LogP contribution in [0.5, 0.6) is 0 Å². The molecule has 2 atom stereocenters. The van der Waals surface area contributed by atoms with Crippen LogP contribution in [0.1, 0.15) is 60.0 Å². The van der Waals surface area contributed by atoms with E-state index in [0.29, 0.717) is 18.0 Å². The highest BCUT2D eigenvalue weighted by atomic mass is 16.2. The van der Waals surface area contributed by atoms with E-state index < -0.39 is 0 Å². The van der Waals surface area contributed by atoms with Gasteiger partial charge in [-0.2, -0.15) is 0 Å². The van der Waals surface area contributed by atoms with E-state index in [1.807, 2.05) is 34.1 Å². The summed E-state index contributed by atoms with van der Waals surface area (Å²) in [6.45, 7) is 13.2. The molecule has 0 aromatic heterocycles. The highest BCUT2D eigenvalue weighted by molar-refractivity contribution is 5.98. The van der Waals surface area contributed by atoms with E-state index in [0.717, 1.165) is 51.4 Å². The molecule has 4 aliphatic heterocycles. The number of carbonyl (C=O) groups excluding carboxylic acids is 2. The lowest BCUT2D eigenvalue weighted by atomic mass is 10.1. The van der Waals surface area contributed by atoms with Crippen molar-refractivity contribution in [1.29, 1.82) is 0 Å². The van der Waals surface area contributed by atoms with Crippen LogP contribution in [0.3, 0.4) is 0 Å². The fraction of sp³-hybridized carbons (Fsp3) is 0.576. The SMILES string of the molecule is Cc1ccc(N2CCN(C(=O)c3ccc(N4C(=O)CC[C@H]4CN4CCC[C@H]4CN4CCCC4)cc3)CC2)c(C)c1. The summed E-state index contributed by atoms with van der Waals surface area (Å²) in [5.41, 5.74) is 5.47. The molecule has 0 bridgehead atoms. The molecule has 0 saturated carbocycles. The normalized spacial score (nSPS) is 24.4. The van der Waals surface area contributed by atoms with Gasteiger partial charge in [-0.05, 0) is 101 Å². The maximum Gasteiger partial charge on any atom is 0.253 e. The van der Waals surface area contributed by atoms with E-state index in [2.05, 4.69) is 46.7 Å². The topological polar surface area (TPSA) is 50.3 Å². The van der Waals surface area contributed by atoms with E-state index in [4.69, 9.17) is 0 Å². The number of aryl methyl sites for hydroxylation is 2. The number of piperazine rings is 1. The van der Waals surface area contributed by atoms with Gasteiger partial charge in [0.15, 0.2) is 0 Å². The van der Waals surface area contributed by atoms with E-state index >= 15 is 0 Å². The van der Waals surface area contributed by atoms with Gasteiger partial charge < -0.3 is 19.6 Å². The maximum absolute atomic E-state index is 13.3. The largest absolute Gasteiger partial charge is 0.368 e. The standard InChI is InChI=1S/C33H45N5O2/c1-25-7-13-31(26(2)22-25)35-18-20-36(21-19-35)33(40)27-8-10-28(11-9-27)38-30(12-14-32(38)39)24-37-17-5-6-29(37)23-34-15-3-4-16-34/h7-11,13,22,29-30H,3-6,12,14-21,23-24H2,1-2H3/t29-,30-/m0/s1. The van der Waals surface area contributed by atoms with Crippen LogP contribution in [0.25, 0.3) is 0 Å². The Morgan fingerprint density at radius 2 is 1.55 bits per heavy atom. The quantitative estimate of drug-likeness (QED) is 0.521. The first kappa shape index (κ1) is 27.3. The predicted octanol–water partition coefficient (Wildman–Crippen LogP) is 4.32. The summed E-state index contributed by atoms with van der Waals surface area (Å²) >= 11 is 0. The van der Waals surface area contributed by atoms with Gasteiger partial charge in [-0.15, -0.1) is 0 Å². The fourth-order valence-corrected chi connectivity index (χ4v) is 7.41. The van der Waals surface area contributed by atoms with Gasteiger partial charge in [-0.1, -0.05) is 17.7 Å². The van der Waals surface area contributed by atoms with Crippen molar-refractivity contribution in [3.63, 3.8) is 0 Å². The molecule has 2 aromatic rings. The molecule has 4 aliphatic rings. The Morgan fingerprint density at radius 1 is 0.800 bits per heavy atom. The number of amides is 2. The maximum atomic E-state index is 13.3. The molecule has 2 amide bonds. The van der Waals surface area contributed by atoms with Crippen LogP contribution < -0.4 is 9.80 Å². The molecule has 0 N–H and O–H groups in total. The summed E-state index contributed by atoms with van der Waals surface area (Å²) in [4.78, 5) is 38.0. The number of anilines is 2. The van der Waals surface area contributed by atoms with Gasteiger partial charge in [0, 0.05) is 68.7 Å². The van der Waals surface area contributed by atoms with Crippen LogP contribution in [-0.4, -0.2) is 97.5 Å². The Bertz CT molecular complexity index is 1200. The molecule has 2 aromatic carbocycles. The van der Waals surface area contributed by atoms with Gasteiger partial charge >= 0.3 is 0 Å². The first-order valence-corrected chi connectivity index (χ1v) is 15.5. The molecule has 4 heterocycles. The zero-order chi connectivity index (χ0) is 27.6.